The largest absolute Gasteiger partial charge is 0.340 e. The molecule has 1 amide bonds. The van der Waals surface area contributed by atoms with Crippen molar-refractivity contribution < 1.29 is 9.18 Å². The highest BCUT2D eigenvalue weighted by Gasteiger charge is 2.22. The lowest BCUT2D eigenvalue weighted by Gasteiger charge is -2.29. The van der Waals surface area contributed by atoms with Gasteiger partial charge in [-0.15, -0.1) is 0 Å². The van der Waals surface area contributed by atoms with Crippen molar-refractivity contribution in [3.05, 3.63) is 0 Å². The summed E-state index contributed by atoms with van der Waals surface area (Å²) < 4.78 is 11.4. The standard InChI is InChI=1S/C5H8FNO/c6-2-4-7-3-1-5(7)8/h1-4H2. The van der Waals surface area contributed by atoms with Crippen LogP contribution in [0.3, 0.4) is 0 Å². The maximum absolute atomic E-state index is 11.4. The van der Waals surface area contributed by atoms with E-state index in [2.05, 4.69) is 0 Å². The molecular formula is C5H8FNO. The second-order valence-corrected chi connectivity index (χ2v) is 1.82. The van der Waals surface area contributed by atoms with Gasteiger partial charge in [0.2, 0.25) is 5.91 Å². The normalized spacial score (nSPS) is 18.6. The van der Waals surface area contributed by atoms with E-state index in [0.717, 1.165) is 6.54 Å². The van der Waals surface area contributed by atoms with Crippen LogP contribution >= 0.6 is 0 Å². The second-order valence-electron chi connectivity index (χ2n) is 1.82. The van der Waals surface area contributed by atoms with Gasteiger partial charge in [0.15, 0.2) is 0 Å². The highest BCUT2D eigenvalue weighted by atomic mass is 19.1. The number of hydrogen-bond donors (Lipinski definition) is 0. The molecule has 0 spiro atoms. The van der Waals surface area contributed by atoms with Crippen LogP contribution in [-0.4, -0.2) is 30.6 Å². The Morgan fingerprint density at radius 1 is 1.75 bits per heavy atom. The van der Waals surface area contributed by atoms with E-state index in [4.69, 9.17) is 0 Å². The fraction of sp³-hybridized carbons (Fsp3) is 0.800. The number of amides is 1. The number of likely N-dealkylation sites (tertiary alicyclic amines) is 1. The van der Waals surface area contributed by atoms with Crippen molar-refractivity contribution in [2.45, 2.75) is 6.42 Å². The Hall–Kier alpha value is -0.600. The molecule has 8 heavy (non-hydrogen) atoms. The van der Waals surface area contributed by atoms with E-state index in [1.807, 2.05) is 0 Å². The molecule has 1 aliphatic heterocycles. The molecule has 0 aromatic rings. The first kappa shape index (κ1) is 5.54. The van der Waals surface area contributed by atoms with Crippen molar-refractivity contribution in [1.29, 1.82) is 0 Å². The topological polar surface area (TPSA) is 20.3 Å². The van der Waals surface area contributed by atoms with Gasteiger partial charge in [0, 0.05) is 19.5 Å². The van der Waals surface area contributed by atoms with Crippen LogP contribution in [0, 0.1) is 0 Å². The van der Waals surface area contributed by atoms with Gasteiger partial charge in [-0.2, -0.15) is 0 Å². The third kappa shape index (κ3) is 0.804. The molecule has 0 aromatic heterocycles. The van der Waals surface area contributed by atoms with E-state index in [1.54, 1.807) is 0 Å². The Labute approximate surface area is 47.3 Å². The summed E-state index contributed by atoms with van der Waals surface area (Å²) in [4.78, 5) is 11.9. The fourth-order valence-corrected chi connectivity index (χ4v) is 0.700. The number of nitrogens with zero attached hydrogens (tertiary/aromatic N) is 1. The highest BCUT2D eigenvalue weighted by Crippen LogP contribution is 2.06. The van der Waals surface area contributed by atoms with Crippen molar-refractivity contribution in [3.63, 3.8) is 0 Å². The molecule has 0 aromatic carbocycles. The van der Waals surface area contributed by atoms with Crippen molar-refractivity contribution in [1.82, 2.24) is 4.90 Å². The molecule has 1 fully saturated rings. The summed E-state index contributed by atoms with van der Waals surface area (Å²) in [6.45, 7) is 0.632. The monoisotopic (exact) mass is 117 g/mol. The first-order chi connectivity index (χ1) is 3.84. The second kappa shape index (κ2) is 2.11. The van der Waals surface area contributed by atoms with E-state index in [0.29, 0.717) is 13.0 Å². The van der Waals surface area contributed by atoms with Gasteiger partial charge >= 0.3 is 0 Å². The molecule has 2 nitrogen and oxygen atoms in total. The molecule has 1 saturated heterocycles. The van der Waals surface area contributed by atoms with Gasteiger partial charge in [-0.1, -0.05) is 0 Å². The number of β-lactam (4-membered cyclic amide) rings is 1. The first-order valence-electron chi connectivity index (χ1n) is 2.68. The van der Waals surface area contributed by atoms with Crippen molar-refractivity contribution in [2.75, 3.05) is 19.8 Å². The van der Waals surface area contributed by atoms with Crippen molar-refractivity contribution in [3.8, 4) is 0 Å². The molecule has 0 bridgehead atoms. The van der Waals surface area contributed by atoms with Crippen LogP contribution in [0.5, 0.6) is 0 Å². The summed E-state index contributed by atoms with van der Waals surface area (Å²) in [7, 11) is 0. The zero-order valence-corrected chi connectivity index (χ0v) is 4.56. The molecular weight excluding hydrogens is 109 g/mol. The lowest BCUT2D eigenvalue weighted by molar-refractivity contribution is -0.139. The smallest absolute Gasteiger partial charge is 0.224 e. The minimum atomic E-state index is -0.411. The zero-order valence-electron chi connectivity index (χ0n) is 4.56. The first-order valence-corrected chi connectivity index (χ1v) is 2.68. The van der Waals surface area contributed by atoms with Gasteiger partial charge in [-0.05, 0) is 0 Å². The number of alkyl halides is 1. The van der Waals surface area contributed by atoms with Crippen LogP contribution in [0.25, 0.3) is 0 Å². The third-order valence-corrected chi connectivity index (χ3v) is 1.30. The molecule has 0 N–H and O–H groups in total. The van der Waals surface area contributed by atoms with Crippen molar-refractivity contribution in [2.24, 2.45) is 0 Å². The van der Waals surface area contributed by atoms with E-state index < -0.39 is 6.67 Å². The maximum Gasteiger partial charge on any atom is 0.224 e. The molecule has 1 rings (SSSR count). The molecule has 0 unspecified atom stereocenters. The molecule has 1 aliphatic rings. The van der Waals surface area contributed by atoms with E-state index >= 15 is 0 Å². The Morgan fingerprint density at radius 2 is 2.50 bits per heavy atom. The fourth-order valence-electron chi connectivity index (χ4n) is 0.700. The summed E-state index contributed by atoms with van der Waals surface area (Å²) >= 11 is 0. The molecule has 0 atom stereocenters. The molecule has 0 radical (unpaired) electrons. The third-order valence-electron chi connectivity index (χ3n) is 1.30. The van der Waals surface area contributed by atoms with Gasteiger partial charge in [0.05, 0.1) is 0 Å². The Kier molecular flexibility index (Phi) is 1.46. The van der Waals surface area contributed by atoms with Crippen LogP contribution in [0.2, 0.25) is 0 Å². The number of rotatable bonds is 2. The summed E-state index contributed by atoms with van der Waals surface area (Å²) in [5, 5.41) is 0. The van der Waals surface area contributed by atoms with Gasteiger partial charge in [0.25, 0.3) is 0 Å². The van der Waals surface area contributed by atoms with Gasteiger partial charge in [-0.3, -0.25) is 4.79 Å². The lowest BCUT2D eigenvalue weighted by atomic mass is 10.2. The maximum atomic E-state index is 11.4. The van der Waals surface area contributed by atoms with E-state index in [-0.39, 0.29) is 5.91 Å². The molecule has 0 saturated carbocycles. The zero-order chi connectivity index (χ0) is 5.98. The lowest BCUT2D eigenvalue weighted by Crippen LogP contribution is -2.44. The SMILES string of the molecule is O=C1CCN1CCF. The van der Waals surface area contributed by atoms with Crippen LogP contribution in [0.4, 0.5) is 4.39 Å². The van der Waals surface area contributed by atoms with Gasteiger partial charge in [0.1, 0.15) is 6.67 Å². The van der Waals surface area contributed by atoms with Crippen LogP contribution in [0.1, 0.15) is 6.42 Å². The Morgan fingerprint density at radius 3 is 2.62 bits per heavy atom. The number of carbonyl (C=O) groups is 1. The summed E-state index contributed by atoms with van der Waals surface area (Å²) in [5.41, 5.74) is 0. The molecule has 3 heteroatoms. The highest BCUT2D eigenvalue weighted by molar-refractivity contribution is 5.81. The Balaban J connectivity index is 2.17. The summed E-state index contributed by atoms with van der Waals surface area (Å²) in [6.07, 6.45) is 0.611. The van der Waals surface area contributed by atoms with E-state index in [1.165, 1.54) is 4.90 Å². The number of carbonyl (C=O) groups excluding carboxylic acids is 1. The number of hydrogen-bond acceptors (Lipinski definition) is 1. The minimum Gasteiger partial charge on any atom is -0.340 e. The Bertz CT molecular complexity index is 105. The molecule has 1 heterocycles. The van der Waals surface area contributed by atoms with Crippen LogP contribution in [-0.2, 0) is 4.79 Å². The average molecular weight is 117 g/mol. The average Bonchev–Trinajstić information content (AvgIpc) is 1.79. The van der Waals surface area contributed by atoms with Crippen molar-refractivity contribution >= 4 is 5.91 Å². The summed E-state index contributed by atoms with van der Waals surface area (Å²) in [6, 6.07) is 0. The van der Waals surface area contributed by atoms with Crippen LogP contribution < -0.4 is 0 Å². The van der Waals surface area contributed by atoms with Gasteiger partial charge in [-0.25, -0.2) is 4.39 Å². The predicted octanol–water partition coefficient (Wildman–Crippen LogP) is 0.188. The minimum absolute atomic E-state index is 0.0858. The quantitative estimate of drug-likeness (QED) is 0.473. The predicted molar refractivity (Wildman–Crippen MR) is 27.2 cm³/mol. The van der Waals surface area contributed by atoms with Gasteiger partial charge < -0.3 is 4.90 Å². The molecule has 0 aliphatic carbocycles. The summed E-state index contributed by atoms with van der Waals surface area (Å²) in [5.74, 6) is 0.0858. The van der Waals surface area contributed by atoms with Crippen LogP contribution in [0.15, 0.2) is 0 Å². The van der Waals surface area contributed by atoms with E-state index in [9.17, 15) is 9.18 Å². The number of halogens is 1. The molecule has 46 valence electrons.